The van der Waals surface area contributed by atoms with Crippen molar-refractivity contribution in [3.8, 4) is 5.75 Å². The minimum Gasteiger partial charge on any atom is -0.493 e. The first-order chi connectivity index (χ1) is 11.2. The van der Waals surface area contributed by atoms with E-state index in [4.69, 9.17) is 9.26 Å². The number of amides is 1. The Labute approximate surface area is 133 Å². The number of rotatable bonds is 5. The molecule has 2 heterocycles. The highest BCUT2D eigenvalue weighted by Crippen LogP contribution is 2.40. The van der Waals surface area contributed by atoms with E-state index in [9.17, 15) is 9.90 Å². The number of carbonyl (C=O) groups excluding carboxylic acids is 1. The summed E-state index contributed by atoms with van der Waals surface area (Å²) in [6, 6.07) is 7.30. The van der Waals surface area contributed by atoms with Gasteiger partial charge in [0.05, 0.1) is 12.7 Å². The van der Waals surface area contributed by atoms with Crippen molar-refractivity contribution in [1.82, 2.24) is 10.5 Å². The van der Waals surface area contributed by atoms with E-state index in [0.717, 1.165) is 41.9 Å². The van der Waals surface area contributed by atoms with Crippen LogP contribution in [0.1, 0.15) is 52.2 Å². The highest BCUT2D eigenvalue weighted by Gasteiger charge is 2.29. The smallest absolute Gasteiger partial charge is 0.273 e. The molecule has 2 aliphatic rings. The summed E-state index contributed by atoms with van der Waals surface area (Å²) in [4.78, 5) is 12.1. The van der Waals surface area contributed by atoms with Crippen molar-refractivity contribution in [3.63, 3.8) is 0 Å². The molecule has 1 unspecified atom stereocenters. The molecule has 6 heteroatoms. The van der Waals surface area contributed by atoms with Crippen LogP contribution in [0.2, 0.25) is 0 Å². The molecule has 23 heavy (non-hydrogen) atoms. The molecule has 1 fully saturated rings. The second-order valence-corrected chi connectivity index (χ2v) is 6.08. The van der Waals surface area contributed by atoms with Gasteiger partial charge in [0.25, 0.3) is 5.91 Å². The van der Waals surface area contributed by atoms with Gasteiger partial charge in [0.15, 0.2) is 5.69 Å². The van der Waals surface area contributed by atoms with Gasteiger partial charge in [-0.05, 0) is 36.1 Å². The van der Waals surface area contributed by atoms with Crippen LogP contribution in [0, 0.1) is 0 Å². The maximum atomic E-state index is 12.1. The molecule has 1 saturated carbocycles. The Hall–Kier alpha value is -2.34. The summed E-state index contributed by atoms with van der Waals surface area (Å²) >= 11 is 0. The summed E-state index contributed by atoms with van der Waals surface area (Å²) in [5, 5.41) is 16.7. The van der Waals surface area contributed by atoms with E-state index >= 15 is 0 Å². The van der Waals surface area contributed by atoms with Gasteiger partial charge < -0.3 is 19.7 Å². The average Bonchev–Trinajstić information content (AvgIpc) is 3.12. The molecule has 1 aliphatic heterocycles. The van der Waals surface area contributed by atoms with Crippen LogP contribution in [0.3, 0.4) is 0 Å². The van der Waals surface area contributed by atoms with Gasteiger partial charge in [-0.1, -0.05) is 11.2 Å². The summed E-state index contributed by atoms with van der Waals surface area (Å²) in [6.07, 6.45) is 2.28. The van der Waals surface area contributed by atoms with E-state index in [2.05, 4.69) is 10.5 Å². The van der Waals surface area contributed by atoms with Crippen molar-refractivity contribution >= 4 is 5.91 Å². The third-order valence-corrected chi connectivity index (χ3v) is 4.29. The molecule has 120 valence electrons. The number of benzene rings is 1. The summed E-state index contributed by atoms with van der Waals surface area (Å²) in [5.41, 5.74) is 2.13. The summed E-state index contributed by atoms with van der Waals surface area (Å²) < 4.78 is 10.6. The molecular weight excluding hydrogens is 296 g/mol. The number of aliphatic hydroxyl groups is 1. The standard InChI is InChI=1S/C17H18N2O4/c20-14(11-3-4-15-12(7-11)5-6-22-15)9-18-17(21)13-8-16(23-19-13)10-1-2-10/h3-4,7-8,10,14,20H,1-2,5-6,9H2,(H,18,21). The van der Waals surface area contributed by atoms with Crippen LogP contribution < -0.4 is 10.1 Å². The zero-order valence-electron chi connectivity index (χ0n) is 12.6. The van der Waals surface area contributed by atoms with Crippen molar-refractivity contribution < 1.29 is 19.2 Å². The Morgan fingerprint density at radius 1 is 1.39 bits per heavy atom. The topological polar surface area (TPSA) is 84.6 Å². The number of fused-ring (bicyclic) bond motifs is 1. The first-order valence-electron chi connectivity index (χ1n) is 7.89. The molecule has 0 bridgehead atoms. The van der Waals surface area contributed by atoms with Crippen molar-refractivity contribution in [3.05, 3.63) is 46.8 Å². The van der Waals surface area contributed by atoms with Crippen LogP contribution >= 0.6 is 0 Å². The number of nitrogens with one attached hydrogen (secondary N) is 1. The van der Waals surface area contributed by atoms with Crippen LogP contribution in [-0.4, -0.2) is 29.3 Å². The molecule has 0 saturated heterocycles. The number of carbonyl (C=O) groups is 1. The lowest BCUT2D eigenvalue weighted by Crippen LogP contribution is -2.28. The zero-order chi connectivity index (χ0) is 15.8. The van der Waals surface area contributed by atoms with Crippen LogP contribution in [0.5, 0.6) is 5.75 Å². The number of hydrogen-bond acceptors (Lipinski definition) is 5. The molecule has 6 nitrogen and oxygen atoms in total. The monoisotopic (exact) mass is 314 g/mol. The highest BCUT2D eigenvalue weighted by atomic mass is 16.5. The Morgan fingerprint density at radius 3 is 3.09 bits per heavy atom. The Kier molecular flexibility index (Phi) is 3.53. The van der Waals surface area contributed by atoms with Crippen LogP contribution in [-0.2, 0) is 6.42 Å². The molecule has 2 aromatic rings. The van der Waals surface area contributed by atoms with E-state index in [1.54, 1.807) is 6.07 Å². The van der Waals surface area contributed by atoms with Gasteiger partial charge in [-0.3, -0.25) is 4.79 Å². The third kappa shape index (κ3) is 2.94. The van der Waals surface area contributed by atoms with E-state index in [1.807, 2.05) is 18.2 Å². The lowest BCUT2D eigenvalue weighted by molar-refractivity contribution is 0.0907. The number of aromatic nitrogens is 1. The second-order valence-electron chi connectivity index (χ2n) is 6.08. The van der Waals surface area contributed by atoms with Gasteiger partial charge in [-0.15, -0.1) is 0 Å². The zero-order valence-corrected chi connectivity index (χ0v) is 12.6. The molecule has 0 spiro atoms. The van der Waals surface area contributed by atoms with Crippen LogP contribution in [0.4, 0.5) is 0 Å². The summed E-state index contributed by atoms with van der Waals surface area (Å²) in [5.74, 6) is 1.74. The fraction of sp³-hybridized carbons (Fsp3) is 0.412. The van der Waals surface area contributed by atoms with E-state index in [-0.39, 0.29) is 18.1 Å². The molecule has 1 atom stereocenters. The Bertz CT molecular complexity index is 736. The first kappa shape index (κ1) is 14.3. The van der Waals surface area contributed by atoms with Crippen molar-refractivity contribution in [2.75, 3.05) is 13.2 Å². The molecule has 0 radical (unpaired) electrons. The minimum atomic E-state index is -0.764. The fourth-order valence-corrected chi connectivity index (χ4v) is 2.77. The first-order valence-corrected chi connectivity index (χ1v) is 7.89. The molecule has 4 rings (SSSR count). The number of ether oxygens (including phenoxy) is 1. The van der Waals surface area contributed by atoms with Gasteiger partial charge in [0.1, 0.15) is 11.5 Å². The largest absolute Gasteiger partial charge is 0.493 e. The summed E-state index contributed by atoms with van der Waals surface area (Å²) in [7, 11) is 0. The maximum Gasteiger partial charge on any atom is 0.273 e. The molecule has 2 N–H and O–H groups in total. The van der Waals surface area contributed by atoms with E-state index in [1.165, 1.54) is 0 Å². The van der Waals surface area contributed by atoms with E-state index < -0.39 is 6.10 Å². The summed E-state index contributed by atoms with van der Waals surface area (Å²) in [6.45, 7) is 0.811. The number of nitrogens with zero attached hydrogens (tertiary/aromatic N) is 1. The lowest BCUT2D eigenvalue weighted by atomic mass is 10.0. The van der Waals surface area contributed by atoms with Gasteiger partial charge in [-0.25, -0.2) is 0 Å². The third-order valence-electron chi connectivity index (χ3n) is 4.29. The molecule has 1 aromatic heterocycles. The van der Waals surface area contributed by atoms with E-state index in [0.29, 0.717) is 12.5 Å². The van der Waals surface area contributed by atoms with Gasteiger partial charge in [0, 0.05) is 24.9 Å². The van der Waals surface area contributed by atoms with Gasteiger partial charge in [0.2, 0.25) is 0 Å². The van der Waals surface area contributed by atoms with Crippen LogP contribution in [0.25, 0.3) is 0 Å². The Balaban J connectivity index is 1.36. The second kappa shape index (κ2) is 5.70. The molecular formula is C17H18N2O4. The van der Waals surface area contributed by atoms with Crippen LogP contribution in [0.15, 0.2) is 28.8 Å². The van der Waals surface area contributed by atoms with Crippen molar-refractivity contribution in [2.24, 2.45) is 0 Å². The van der Waals surface area contributed by atoms with Gasteiger partial charge >= 0.3 is 0 Å². The van der Waals surface area contributed by atoms with Crippen molar-refractivity contribution in [1.29, 1.82) is 0 Å². The van der Waals surface area contributed by atoms with Gasteiger partial charge in [-0.2, -0.15) is 0 Å². The predicted octanol–water partition coefficient (Wildman–Crippen LogP) is 1.95. The number of hydrogen-bond donors (Lipinski definition) is 2. The normalized spacial score (nSPS) is 17.4. The quantitative estimate of drug-likeness (QED) is 0.881. The number of aliphatic hydroxyl groups excluding tert-OH is 1. The maximum absolute atomic E-state index is 12.1. The Morgan fingerprint density at radius 2 is 2.26 bits per heavy atom. The highest BCUT2D eigenvalue weighted by molar-refractivity contribution is 5.92. The van der Waals surface area contributed by atoms with Crippen molar-refractivity contribution in [2.45, 2.75) is 31.3 Å². The molecule has 1 amide bonds. The fourth-order valence-electron chi connectivity index (χ4n) is 2.77. The molecule has 1 aromatic carbocycles. The minimum absolute atomic E-state index is 0.129. The molecule has 1 aliphatic carbocycles. The average molecular weight is 314 g/mol. The lowest BCUT2D eigenvalue weighted by Gasteiger charge is -2.12. The SMILES string of the molecule is O=C(NCC(O)c1ccc2c(c1)CCO2)c1cc(C2CC2)on1. The predicted molar refractivity (Wildman–Crippen MR) is 81.4 cm³/mol.